The van der Waals surface area contributed by atoms with Crippen molar-refractivity contribution in [1.29, 1.82) is 0 Å². The molecule has 3 atom stereocenters. The van der Waals surface area contributed by atoms with E-state index in [1.54, 1.807) is 28.6 Å². The van der Waals surface area contributed by atoms with Gasteiger partial charge in [0.15, 0.2) is 0 Å². The number of hydrogen-bond acceptors (Lipinski definition) is 7. The molecule has 1 aliphatic carbocycles. The van der Waals surface area contributed by atoms with E-state index in [2.05, 4.69) is 32.9 Å². The zero-order chi connectivity index (χ0) is 32.7. The van der Waals surface area contributed by atoms with Gasteiger partial charge in [-0.05, 0) is 62.4 Å². The highest BCUT2D eigenvalue weighted by atomic mass is 19.1. The number of nitrogens with one attached hydrogen (secondary N) is 3. The van der Waals surface area contributed by atoms with Crippen molar-refractivity contribution in [1.82, 2.24) is 30.2 Å². The van der Waals surface area contributed by atoms with Crippen LogP contribution in [-0.4, -0.2) is 95.8 Å². The smallest absolute Gasteiger partial charge is 0.407 e. The molecule has 0 spiro atoms. The summed E-state index contributed by atoms with van der Waals surface area (Å²) in [5, 5.41) is 12.4. The SMILES string of the molecule is CCn1nccc1C(=O)N[C@H](C(=O)Nc1ccc([C@H](C)[C@@H](NC(=O)OC)C(=O)N2CCN(C)CC2)cc1F)[C@H]1CC[C@H](C)CC1. The number of aromatic nitrogens is 2. The van der Waals surface area contributed by atoms with Gasteiger partial charge in [0.2, 0.25) is 11.8 Å². The van der Waals surface area contributed by atoms with E-state index in [0.29, 0.717) is 49.9 Å². The lowest BCUT2D eigenvalue weighted by molar-refractivity contribution is -0.135. The number of carbonyl (C=O) groups is 4. The van der Waals surface area contributed by atoms with Gasteiger partial charge in [0.05, 0.1) is 12.8 Å². The maximum absolute atomic E-state index is 15.6. The molecule has 2 heterocycles. The molecule has 4 rings (SSSR count). The Hall–Kier alpha value is -4.00. The average Bonchev–Trinajstić information content (AvgIpc) is 3.53. The van der Waals surface area contributed by atoms with Crippen LogP contribution in [0.4, 0.5) is 14.9 Å². The molecular formula is C32H46FN7O5. The van der Waals surface area contributed by atoms with E-state index in [-0.39, 0.29) is 17.5 Å². The molecule has 0 radical (unpaired) electrons. The largest absolute Gasteiger partial charge is 0.453 e. The minimum atomic E-state index is -0.981. The molecule has 3 N–H and O–H groups in total. The summed E-state index contributed by atoms with van der Waals surface area (Å²) in [5.74, 6) is -2.04. The van der Waals surface area contributed by atoms with Crippen LogP contribution in [0.3, 0.4) is 0 Å². The molecule has 2 aromatic rings. The zero-order valence-corrected chi connectivity index (χ0v) is 26.8. The molecule has 0 unspecified atom stereocenters. The number of hydrogen-bond donors (Lipinski definition) is 3. The number of benzene rings is 1. The maximum atomic E-state index is 15.6. The van der Waals surface area contributed by atoms with E-state index in [4.69, 9.17) is 4.74 Å². The van der Waals surface area contributed by atoms with Gasteiger partial charge < -0.3 is 30.5 Å². The van der Waals surface area contributed by atoms with Gasteiger partial charge >= 0.3 is 6.09 Å². The summed E-state index contributed by atoms with van der Waals surface area (Å²) in [7, 11) is 3.20. The van der Waals surface area contributed by atoms with Crippen molar-refractivity contribution in [2.24, 2.45) is 11.8 Å². The highest BCUT2D eigenvalue weighted by Gasteiger charge is 2.35. The number of methoxy groups -OCH3 is 1. The Bertz CT molecular complexity index is 1350. The quantitative estimate of drug-likeness (QED) is 0.368. The molecule has 1 saturated heterocycles. The lowest BCUT2D eigenvalue weighted by Gasteiger charge is -2.36. The second kappa shape index (κ2) is 15.3. The fraction of sp³-hybridized carbons (Fsp3) is 0.594. The minimum absolute atomic E-state index is 0.0409. The van der Waals surface area contributed by atoms with Crippen LogP contribution >= 0.6 is 0 Å². The van der Waals surface area contributed by atoms with Gasteiger partial charge in [-0.2, -0.15) is 5.10 Å². The second-order valence-corrected chi connectivity index (χ2v) is 12.3. The number of aryl methyl sites for hydroxylation is 1. The summed E-state index contributed by atoms with van der Waals surface area (Å²) in [6, 6.07) is 4.10. The first-order chi connectivity index (χ1) is 21.5. The first-order valence-electron chi connectivity index (χ1n) is 15.8. The monoisotopic (exact) mass is 627 g/mol. The average molecular weight is 628 g/mol. The zero-order valence-electron chi connectivity index (χ0n) is 26.8. The highest BCUT2D eigenvalue weighted by Crippen LogP contribution is 2.32. The Morgan fingerprint density at radius 1 is 1.04 bits per heavy atom. The van der Waals surface area contributed by atoms with Crippen LogP contribution in [-0.2, 0) is 20.9 Å². The van der Waals surface area contributed by atoms with E-state index in [1.807, 2.05) is 14.0 Å². The van der Waals surface area contributed by atoms with Crippen LogP contribution in [0, 0.1) is 17.7 Å². The first kappa shape index (κ1) is 33.9. The summed E-state index contributed by atoms with van der Waals surface area (Å²) in [6.07, 6.45) is 4.18. The topological polar surface area (TPSA) is 138 Å². The van der Waals surface area contributed by atoms with Crippen LogP contribution in [0.25, 0.3) is 0 Å². The van der Waals surface area contributed by atoms with Crippen LogP contribution in [0.2, 0.25) is 0 Å². The number of amides is 4. The number of nitrogens with zero attached hydrogens (tertiary/aromatic N) is 4. The van der Waals surface area contributed by atoms with E-state index >= 15 is 4.39 Å². The summed E-state index contributed by atoms with van der Waals surface area (Å²) >= 11 is 0. The van der Waals surface area contributed by atoms with Crippen LogP contribution in [0.15, 0.2) is 30.5 Å². The third kappa shape index (κ3) is 8.38. The van der Waals surface area contributed by atoms with Crippen molar-refractivity contribution in [2.45, 2.75) is 71.0 Å². The molecular weight excluding hydrogens is 581 g/mol. The lowest BCUT2D eigenvalue weighted by Crippen LogP contribution is -2.55. The number of piperazine rings is 1. The third-order valence-corrected chi connectivity index (χ3v) is 9.17. The Labute approximate surface area is 264 Å². The van der Waals surface area contributed by atoms with Gasteiger partial charge in [-0.3, -0.25) is 19.1 Å². The number of anilines is 1. The predicted molar refractivity (Wildman–Crippen MR) is 167 cm³/mol. The van der Waals surface area contributed by atoms with Gasteiger partial charge in [0, 0.05) is 44.8 Å². The lowest BCUT2D eigenvalue weighted by atomic mass is 9.79. The fourth-order valence-corrected chi connectivity index (χ4v) is 6.14. The molecule has 246 valence electrons. The van der Waals surface area contributed by atoms with E-state index in [0.717, 1.165) is 25.7 Å². The summed E-state index contributed by atoms with van der Waals surface area (Å²) in [5.41, 5.74) is 0.777. The summed E-state index contributed by atoms with van der Waals surface area (Å²) < 4.78 is 21.9. The molecule has 45 heavy (non-hydrogen) atoms. The Kier molecular flexibility index (Phi) is 11.5. The molecule has 1 aliphatic heterocycles. The molecule has 0 bridgehead atoms. The van der Waals surface area contributed by atoms with E-state index in [1.165, 1.54) is 25.4 Å². The molecule has 1 aromatic carbocycles. The molecule has 4 amide bonds. The van der Waals surface area contributed by atoms with Gasteiger partial charge in [-0.25, -0.2) is 9.18 Å². The summed E-state index contributed by atoms with van der Waals surface area (Å²) in [6.45, 7) is 8.72. The van der Waals surface area contributed by atoms with Gasteiger partial charge in [-0.15, -0.1) is 0 Å². The van der Waals surface area contributed by atoms with Crippen molar-refractivity contribution in [2.75, 3.05) is 45.7 Å². The maximum Gasteiger partial charge on any atom is 0.407 e. The Morgan fingerprint density at radius 3 is 2.36 bits per heavy atom. The van der Waals surface area contributed by atoms with Crippen LogP contribution in [0.1, 0.15) is 68.4 Å². The number of halogens is 1. The van der Waals surface area contributed by atoms with Gasteiger partial charge in [0.1, 0.15) is 23.6 Å². The Morgan fingerprint density at radius 2 is 1.73 bits per heavy atom. The van der Waals surface area contributed by atoms with Crippen molar-refractivity contribution in [3.63, 3.8) is 0 Å². The summed E-state index contributed by atoms with van der Waals surface area (Å²) in [4.78, 5) is 56.3. The number of likely N-dealkylation sites (N-methyl/N-ethyl adjacent to an activating group) is 1. The molecule has 1 aromatic heterocycles. The van der Waals surface area contributed by atoms with Crippen molar-refractivity contribution < 1.29 is 28.3 Å². The van der Waals surface area contributed by atoms with Crippen LogP contribution in [0.5, 0.6) is 0 Å². The highest BCUT2D eigenvalue weighted by molar-refractivity contribution is 6.00. The third-order valence-electron chi connectivity index (χ3n) is 9.17. The fourth-order valence-electron chi connectivity index (χ4n) is 6.14. The van der Waals surface area contributed by atoms with Crippen LogP contribution < -0.4 is 16.0 Å². The molecule has 12 nitrogen and oxygen atoms in total. The van der Waals surface area contributed by atoms with E-state index < -0.39 is 41.7 Å². The standard InChI is InChI=1S/C32H46FN7O5/c1-6-40-26(13-14-34-40)29(41)36-28(22-9-7-20(2)8-10-22)30(42)35-25-12-11-23(19-24(25)33)21(3)27(37-32(44)45-5)31(43)39-17-15-38(4)16-18-39/h11-14,19-22,27-28H,6-10,15-18H2,1-5H3,(H,35,42)(H,36,41)(H,37,44)/t20-,21-,22-,27+,28-/m0/s1. The van der Waals surface area contributed by atoms with Crippen molar-refractivity contribution in [3.05, 3.63) is 47.5 Å². The molecule has 1 saturated carbocycles. The first-order valence-corrected chi connectivity index (χ1v) is 15.8. The normalized spacial score (nSPS) is 20.9. The second-order valence-electron chi connectivity index (χ2n) is 12.3. The number of rotatable bonds is 10. The van der Waals surface area contributed by atoms with E-state index in [9.17, 15) is 19.2 Å². The van der Waals surface area contributed by atoms with Crippen molar-refractivity contribution in [3.8, 4) is 0 Å². The Balaban J connectivity index is 1.52. The molecule has 2 aliphatic rings. The molecule has 13 heteroatoms. The van der Waals surface area contributed by atoms with Gasteiger partial charge in [-0.1, -0.05) is 32.8 Å². The molecule has 2 fully saturated rings. The van der Waals surface area contributed by atoms with Gasteiger partial charge in [0.25, 0.3) is 5.91 Å². The minimum Gasteiger partial charge on any atom is -0.453 e. The van der Waals surface area contributed by atoms with Crippen molar-refractivity contribution >= 4 is 29.5 Å². The number of alkyl carbamates (subject to hydrolysis) is 1. The number of carbonyl (C=O) groups excluding carboxylic acids is 4. The predicted octanol–water partition coefficient (Wildman–Crippen LogP) is 3.21. The number of ether oxygens (including phenoxy) is 1.